The topological polar surface area (TPSA) is 42.2 Å². The van der Waals surface area contributed by atoms with Crippen LogP contribution in [0.3, 0.4) is 0 Å². The predicted octanol–water partition coefficient (Wildman–Crippen LogP) is 3.23. The number of fused-ring (bicyclic) bond motifs is 1. The molecule has 4 atom stereocenters. The number of hydrogen-bond acceptors (Lipinski definition) is 4. The third-order valence-electron chi connectivity index (χ3n) is 4.38. The van der Waals surface area contributed by atoms with Crippen LogP contribution in [0.4, 0.5) is 0 Å². The summed E-state index contributed by atoms with van der Waals surface area (Å²) >= 11 is 1.89. The van der Waals surface area contributed by atoms with Gasteiger partial charge >= 0.3 is 0 Å². The molecule has 2 heterocycles. The Hall–Kier alpha value is -1.07. The fraction of sp³-hybridized carbons (Fsp3) is 0.625. The Morgan fingerprint density at radius 2 is 2.14 bits per heavy atom. The molecule has 21 heavy (non-hydrogen) atoms. The summed E-state index contributed by atoms with van der Waals surface area (Å²) in [4.78, 5) is 0. The summed E-state index contributed by atoms with van der Waals surface area (Å²) in [7, 11) is 0. The highest BCUT2D eigenvalue weighted by Gasteiger charge is 2.35. The smallest absolute Gasteiger partial charge is 0.195 e. The lowest BCUT2D eigenvalue weighted by Gasteiger charge is -2.39. The van der Waals surface area contributed by atoms with E-state index in [2.05, 4.69) is 46.9 Å². The molecular weight excluding hydrogens is 280 g/mol. The first-order valence-electron chi connectivity index (χ1n) is 7.88. The molecule has 114 valence electrons. The molecule has 2 aromatic rings. The Kier molecular flexibility index (Phi) is 4.50. The van der Waals surface area contributed by atoms with Gasteiger partial charge in [-0.15, -0.1) is 10.2 Å². The molecule has 2 aromatic heterocycles. The van der Waals surface area contributed by atoms with E-state index in [1.54, 1.807) is 0 Å². The van der Waals surface area contributed by atoms with Crippen LogP contribution in [0.2, 0.25) is 0 Å². The molecule has 0 spiro atoms. The molecular formula is C16H24N4S. The molecule has 5 heteroatoms. The molecule has 0 radical (unpaired) electrons. The summed E-state index contributed by atoms with van der Waals surface area (Å²) < 4.78 is 2.10. The van der Waals surface area contributed by atoms with Gasteiger partial charge in [0.2, 0.25) is 0 Å². The molecule has 0 saturated heterocycles. The second-order valence-corrected chi connectivity index (χ2v) is 7.36. The van der Waals surface area contributed by atoms with Gasteiger partial charge in [0.15, 0.2) is 10.8 Å². The number of hydrogen-bond donors (Lipinski definition) is 1. The van der Waals surface area contributed by atoms with Gasteiger partial charge in [-0.1, -0.05) is 38.6 Å². The lowest BCUT2D eigenvalue weighted by molar-refractivity contribution is 0.251. The third kappa shape index (κ3) is 3.09. The van der Waals surface area contributed by atoms with E-state index in [4.69, 9.17) is 0 Å². The van der Waals surface area contributed by atoms with Crippen LogP contribution in [0, 0.1) is 11.8 Å². The third-order valence-corrected chi connectivity index (χ3v) is 5.93. The average molecular weight is 304 g/mol. The summed E-state index contributed by atoms with van der Waals surface area (Å²) in [6.45, 7) is 7.97. The zero-order valence-electron chi connectivity index (χ0n) is 13.0. The number of aromatic nitrogens is 3. The Labute approximate surface area is 130 Å². The Bertz CT molecular complexity index is 597. The number of nitrogens with zero attached hydrogens (tertiary/aromatic N) is 3. The maximum atomic E-state index is 4.39. The van der Waals surface area contributed by atoms with Crippen LogP contribution in [-0.2, 0) is 0 Å². The lowest BCUT2D eigenvalue weighted by atomic mass is 9.80. The van der Waals surface area contributed by atoms with Crippen LogP contribution in [-0.4, -0.2) is 32.4 Å². The second kappa shape index (κ2) is 6.36. The monoisotopic (exact) mass is 304 g/mol. The maximum absolute atomic E-state index is 4.39. The normalized spacial score (nSPS) is 29.9. The summed E-state index contributed by atoms with van der Waals surface area (Å²) in [5.41, 5.74) is 0.928. The van der Waals surface area contributed by atoms with Gasteiger partial charge in [0.25, 0.3) is 0 Å². The van der Waals surface area contributed by atoms with Gasteiger partial charge in [0.05, 0.1) is 0 Å². The molecule has 1 aliphatic rings. The molecule has 1 saturated carbocycles. The summed E-state index contributed by atoms with van der Waals surface area (Å²) in [6.07, 6.45) is 4.61. The van der Waals surface area contributed by atoms with Crippen molar-refractivity contribution in [1.29, 1.82) is 0 Å². The van der Waals surface area contributed by atoms with Gasteiger partial charge in [-0.05, 0) is 43.4 Å². The maximum Gasteiger partial charge on any atom is 0.195 e. The van der Waals surface area contributed by atoms with Crippen LogP contribution in [0.5, 0.6) is 0 Å². The van der Waals surface area contributed by atoms with Crippen molar-refractivity contribution in [2.75, 3.05) is 6.54 Å². The van der Waals surface area contributed by atoms with Crippen LogP contribution in [0.15, 0.2) is 29.6 Å². The van der Waals surface area contributed by atoms with Gasteiger partial charge in [-0.2, -0.15) is 0 Å². The first-order chi connectivity index (χ1) is 10.2. The van der Waals surface area contributed by atoms with Crippen LogP contribution >= 0.6 is 11.8 Å². The minimum Gasteiger partial charge on any atom is -0.313 e. The zero-order valence-corrected chi connectivity index (χ0v) is 13.8. The quantitative estimate of drug-likeness (QED) is 0.941. The number of nitrogens with one attached hydrogen (secondary N) is 1. The van der Waals surface area contributed by atoms with E-state index in [1.807, 2.05) is 30.0 Å². The van der Waals surface area contributed by atoms with Crippen molar-refractivity contribution < 1.29 is 0 Å². The lowest BCUT2D eigenvalue weighted by Crippen LogP contribution is -2.46. The molecule has 0 aromatic carbocycles. The average Bonchev–Trinajstić information content (AvgIpc) is 2.86. The van der Waals surface area contributed by atoms with Gasteiger partial charge in [-0.25, -0.2) is 0 Å². The highest BCUT2D eigenvalue weighted by Crippen LogP contribution is 2.39. The molecule has 0 bridgehead atoms. The molecule has 0 amide bonds. The summed E-state index contributed by atoms with van der Waals surface area (Å²) in [5.74, 6) is 1.50. The van der Waals surface area contributed by atoms with Crippen molar-refractivity contribution >= 4 is 17.4 Å². The highest BCUT2D eigenvalue weighted by molar-refractivity contribution is 7.99. The first-order valence-corrected chi connectivity index (χ1v) is 8.76. The first kappa shape index (κ1) is 14.9. The molecule has 1 fully saturated rings. The van der Waals surface area contributed by atoms with Crippen molar-refractivity contribution in [2.24, 2.45) is 11.8 Å². The van der Waals surface area contributed by atoms with Crippen molar-refractivity contribution in [3.63, 3.8) is 0 Å². The summed E-state index contributed by atoms with van der Waals surface area (Å²) in [6, 6.07) is 6.61. The fourth-order valence-electron chi connectivity index (χ4n) is 3.51. The molecule has 4 unspecified atom stereocenters. The fourth-order valence-corrected chi connectivity index (χ4v) is 4.83. The van der Waals surface area contributed by atoms with Crippen LogP contribution in [0.25, 0.3) is 5.65 Å². The Morgan fingerprint density at radius 3 is 2.95 bits per heavy atom. The highest BCUT2D eigenvalue weighted by atomic mass is 32.2. The number of thioether (sulfide) groups is 1. The minimum atomic E-state index is 0.564. The Balaban J connectivity index is 1.83. The SMILES string of the molecule is CCNC1CC(C)CC(C)C1Sc1nnc2ccccn12. The van der Waals surface area contributed by atoms with Gasteiger partial charge < -0.3 is 5.32 Å². The number of rotatable bonds is 4. The van der Waals surface area contributed by atoms with E-state index in [0.717, 1.165) is 23.3 Å². The van der Waals surface area contributed by atoms with Crippen molar-refractivity contribution in [1.82, 2.24) is 19.9 Å². The Morgan fingerprint density at radius 1 is 1.29 bits per heavy atom. The van der Waals surface area contributed by atoms with E-state index in [-0.39, 0.29) is 0 Å². The van der Waals surface area contributed by atoms with Gasteiger partial charge in [0.1, 0.15) is 0 Å². The molecule has 1 aliphatic carbocycles. The van der Waals surface area contributed by atoms with Gasteiger partial charge in [0, 0.05) is 17.5 Å². The van der Waals surface area contributed by atoms with Crippen LogP contribution < -0.4 is 5.32 Å². The van der Waals surface area contributed by atoms with Gasteiger partial charge in [-0.3, -0.25) is 4.40 Å². The number of pyridine rings is 1. The van der Waals surface area contributed by atoms with Crippen molar-refractivity contribution in [2.45, 2.75) is 50.1 Å². The minimum absolute atomic E-state index is 0.564. The van der Waals surface area contributed by atoms with Crippen molar-refractivity contribution in [3.05, 3.63) is 24.4 Å². The molecule has 3 rings (SSSR count). The van der Waals surface area contributed by atoms with Crippen LogP contribution in [0.1, 0.15) is 33.6 Å². The molecule has 4 nitrogen and oxygen atoms in total. The van der Waals surface area contributed by atoms with E-state index in [9.17, 15) is 0 Å². The zero-order chi connectivity index (χ0) is 14.8. The van der Waals surface area contributed by atoms with E-state index >= 15 is 0 Å². The summed E-state index contributed by atoms with van der Waals surface area (Å²) in [5, 5.41) is 13.9. The molecule has 0 aliphatic heterocycles. The van der Waals surface area contributed by atoms with E-state index < -0.39 is 0 Å². The van der Waals surface area contributed by atoms with Crippen molar-refractivity contribution in [3.8, 4) is 0 Å². The predicted molar refractivity (Wildman–Crippen MR) is 87.7 cm³/mol. The largest absolute Gasteiger partial charge is 0.313 e. The standard InChI is InChI=1S/C16H24N4S/c1-4-17-13-10-11(2)9-12(3)15(13)21-16-19-18-14-7-5-6-8-20(14)16/h5-8,11-13,15,17H,4,9-10H2,1-3H3. The van der Waals surface area contributed by atoms with E-state index in [0.29, 0.717) is 17.2 Å². The molecule has 1 N–H and O–H groups in total. The second-order valence-electron chi connectivity index (χ2n) is 6.21. The van der Waals surface area contributed by atoms with E-state index in [1.165, 1.54) is 12.8 Å².